The van der Waals surface area contributed by atoms with Crippen LogP contribution >= 0.6 is 27.5 Å². The Kier molecular flexibility index (Phi) is 8.19. The third-order valence-electron chi connectivity index (χ3n) is 7.89. The Labute approximate surface area is 235 Å². The minimum atomic E-state index is -0.689. The minimum absolute atomic E-state index is 0.0919. The van der Waals surface area contributed by atoms with Crippen molar-refractivity contribution in [2.75, 3.05) is 13.1 Å². The van der Waals surface area contributed by atoms with Gasteiger partial charge in [-0.3, -0.25) is 9.69 Å². The van der Waals surface area contributed by atoms with Gasteiger partial charge in [-0.1, -0.05) is 50.9 Å². The summed E-state index contributed by atoms with van der Waals surface area (Å²) >= 11 is 9.36. The lowest BCUT2D eigenvalue weighted by Crippen LogP contribution is -2.59. The highest BCUT2D eigenvalue weighted by atomic mass is 79.9. The molecular formula is C28H32BrClFN5O2. The number of benzene rings is 2. The number of hydrogen-bond donors (Lipinski definition) is 1. The van der Waals surface area contributed by atoms with Gasteiger partial charge in [-0.15, -0.1) is 5.10 Å². The highest BCUT2D eigenvalue weighted by Gasteiger charge is 2.43. The standard InChI is InChI=1S/C28H32BrClFN5O2/c1-17-12-34(28(38)25-9-8-23(25)24-7-6-21(30)11-26(24)31)13-18(2)36(17)15-22-14-35(33-32-22)16-27(37)19-4-3-5-20(29)10-19/h3-7,10-11,14,17-18,23,25,27,37H,8-9,12-13,15-16H2,1-2H3/t17-,18+,23?,25?,27-/m1/s1. The number of aromatic nitrogens is 3. The molecule has 2 unspecified atom stereocenters. The Morgan fingerprint density at radius 2 is 1.95 bits per heavy atom. The number of carbonyl (C=O) groups is 1. The molecule has 1 aliphatic carbocycles. The van der Waals surface area contributed by atoms with Crippen molar-refractivity contribution < 1.29 is 14.3 Å². The van der Waals surface area contributed by atoms with Crippen molar-refractivity contribution in [1.82, 2.24) is 24.8 Å². The number of nitrogens with zero attached hydrogens (tertiary/aromatic N) is 5. The first-order chi connectivity index (χ1) is 18.2. The van der Waals surface area contributed by atoms with Crippen molar-refractivity contribution >= 4 is 33.4 Å². The van der Waals surface area contributed by atoms with Crippen molar-refractivity contribution in [2.45, 2.75) is 63.9 Å². The zero-order valence-electron chi connectivity index (χ0n) is 21.5. The summed E-state index contributed by atoms with van der Waals surface area (Å²) in [6.07, 6.45) is 2.78. The lowest BCUT2D eigenvalue weighted by atomic mass is 9.69. The molecule has 0 spiro atoms. The van der Waals surface area contributed by atoms with Gasteiger partial charge >= 0.3 is 0 Å². The molecule has 2 aromatic carbocycles. The molecule has 2 heterocycles. The average molecular weight is 605 g/mol. The van der Waals surface area contributed by atoms with Gasteiger partial charge in [0.25, 0.3) is 0 Å². The number of hydrogen-bond acceptors (Lipinski definition) is 5. The van der Waals surface area contributed by atoms with Crippen LogP contribution in [-0.4, -0.2) is 61.0 Å². The zero-order chi connectivity index (χ0) is 27.0. The molecule has 1 saturated heterocycles. The molecule has 2 fully saturated rings. The molecule has 0 radical (unpaired) electrons. The summed E-state index contributed by atoms with van der Waals surface area (Å²) in [4.78, 5) is 17.7. The van der Waals surface area contributed by atoms with E-state index in [1.165, 1.54) is 6.07 Å². The molecule has 3 aromatic rings. The fraction of sp³-hybridized carbons (Fsp3) is 0.464. The Morgan fingerprint density at radius 3 is 2.61 bits per heavy atom. The number of piperazine rings is 1. The van der Waals surface area contributed by atoms with Crippen LogP contribution in [0.15, 0.2) is 53.1 Å². The van der Waals surface area contributed by atoms with Gasteiger partial charge in [0.1, 0.15) is 5.82 Å². The average Bonchev–Trinajstić information content (AvgIpc) is 3.29. The monoisotopic (exact) mass is 603 g/mol. The van der Waals surface area contributed by atoms with E-state index in [4.69, 9.17) is 11.6 Å². The van der Waals surface area contributed by atoms with Crippen LogP contribution < -0.4 is 0 Å². The van der Waals surface area contributed by atoms with E-state index in [0.29, 0.717) is 36.8 Å². The number of aliphatic hydroxyl groups is 1. The van der Waals surface area contributed by atoms with E-state index < -0.39 is 6.10 Å². The molecule has 1 saturated carbocycles. The van der Waals surface area contributed by atoms with Crippen LogP contribution in [0.5, 0.6) is 0 Å². The van der Waals surface area contributed by atoms with Crippen LogP contribution in [0.4, 0.5) is 4.39 Å². The molecular weight excluding hydrogens is 573 g/mol. The minimum Gasteiger partial charge on any atom is -0.386 e. The van der Waals surface area contributed by atoms with Crippen LogP contribution in [0, 0.1) is 11.7 Å². The molecule has 5 rings (SSSR count). The molecule has 1 aromatic heterocycles. The summed E-state index contributed by atoms with van der Waals surface area (Å²) < 4.78 is 17.1. The molecule has 202 valence electrons. The topological polar surface area (TPSA) is 74.5 Å². The van der Waals surface area contributed by atoms with Gasteiger partial charge in [0.15, 0.2) is 0 Å². The van der Waals surface area contributed by atoms with E-state index in [9.17, 15) is 14.3 Å². The van der Waals surface area contributed by atoms with Crippen LogP contribution in [-0.2, 0) is 17.9 Å². The number of halogens is 3. The number of carbonyl (C=O) groups excluding carboxylic acids is 1. The number of rotatable bonds is 7. The Morgan fingerprint density at radius 1 is 1.18 bits per heavy atom. The third-order valence-corrected chi connectivity index (χ3v) is 8.62. The van der Waals surface area contributed by atoms with E-state index in [-0.39, 0.29) is 35.6 Å². The summed E-state index contributed by atoms with van der Waals surface area (Å²) in [7, 11) is 0. The number of aliphatic hydroxyl groups excluding tert-OH is 1. The van der Waals surface area contributed by atoms with Crippen LogP contribution in [0.25, 0.3) is 0 Å². The van der Waals surface area contributed by atoms with E-state index in [0.717, 1.165) is 28.6 Å². The summed E-state index contributed by atoms with van der Waals surface area (Å²) in [5.41, 5.74) is 2.22. The van der Waals surface area contributed by atoms with Crippen LogP contribution in [0.1, 0.15) is 55.5 Å². The SMILES string of the molecule is C[C@@H]1CN(C(=O)C2CCC2c2ccc(Cl)cc2F)C[C@H](C)N1Cc1cn(C[C@@H](O)c2cccc(Br)c2)nn1. The van der Waals surface area contributed by atoms with E-state index in [2.05, 4.69) is 45.0 Å². The quantitative estimate of drug-likeness (QED) is 0.402. The van der Waals surface area contributed by atoms with E-state index in [1.807, 2.05) is 35.4 Å². The van der Waals surface area contributed by atoms with Crippen molar-refractivity contribution in [3.8, 4) is 0 Å². The summed E-state index contributed by atoms with van der Waals surface area (Å²) in [5, 5.41) is 19.5. The maximum Gasteiger partial charge on any atom is 0.226 e. The Bertz CT molecular complexity index is 1290. The highest BCUT2D eigenvalue weighted by molar-refractivity contribution is 9.10. The normalized spacial score (nSPS) is 24.7. The van der Waals surface area contributed by atoms with Crippen LogP contribution in [0.2, 0.25) is 5.02 Å². The largest absolute Gasteiger partial charge is 0.386 e. The second-order valence-corrected chi connectivity index (χ2v) is 11.9. The number of amides is 1. The molecule has 0 bridgehead atoms. The third kappa shape index (κ3) is 5.81. The highest BCUT2D eigenvalue weighted by Crippen LogP contribution is 2.45. The smallest absolute Gasteiger partial charge is 0.226 e. The van der Waals surface area contributed by atoms with Gasteiger partial charge in [0.2, 0.25) is 5.91 Å². The molecule has 2 aliphatic rings. The first kappa shape index (κ1) is 27.2. The van der Waals surface area contributed by atoms with Crippen LogP contribution in [0.3, 0.4) is 0 Å². The predicted molar refractivity (Wildman–Crippen MR) is 147 cm³/mol. The molecule has 1 aliphatic heterocycles. The molecule has 10 heteroatoms. The van der Waals surface area contributed by atoms with Gasteiger partial charge in [-0.05, 0) is 68.0 Å². The van der Waals surface area contributed by atoms with E-state index >= 15 is 0 Å². The first-order valence-corrected chi connectivity index (χ1v) is 14.2. The fourth-order valence-corrected chi connectivity index (χ4v) is 6.31. The summed E-state index contributed by atoms with van der Waals surface area (Å²) in [6.45, 7) is 6.40. The second-order valence-electron chi connectivity index (χ2n) is 10.6. The predicted octanol–water partition coefficient (Wildman–Crippen LogP) is 5.18. The molecule has 1 amide bonds. The van der Waals surface area contributed by atoms with Gasteiger partial charge < -0.3 is 10.0 Å². The lowest BCUT2D eigenvalue weighted by molar-refractivity contribution is -0.144. The van der Waals surface area contributed by atoms with E-state index in [1.54, 1.807) is 16.8 Å². The lowest BCUT2D eigenvalue weighted by Gasteiger charge is -2.47. The maximum atomic E-state index is 14.5. The van der Waals surface area contributed by atoms with Crippen molar-refractivity contribution in [3.05, 3.63) is 80.8 Å². The summed E-state index contributed by atoms with van der Waals surface area (Å²) in [6, 6.07) is 12.6. The van der Waals surface area contributed by atoms with Gasteiger partial charge in [-0.25, -0.2) is 9.07 Å². The fourth-order valence-electron chi connectivity index (χ4n) is 5.74. The Hall–Kier alpha value is -2.33. The zero-order valence-corrected chi connectivity index (χ0v) is 23.8. The van der Waals surface area contributed by atoms with Gasteiger partial charge in [-0.2, -0.15) is 0 Å². The molecule has 5 atom stereocenters. The molecule has 1 N–H and O–H groups in total. The van der Waals surface area contributed by atoms with Crippen molar-refractivity contribution in [2.24, 2.45) is 5.92 Å². The maximum absolute atomic E-state index is 14.5. The molecule has 7 nitrogen and oxygen atoms in total. The van der Waals surface area contributed by atoms with Gasteiger partial charge in [0, 0.05) is 53.3 Å². The van der Waals surface area contributed by atoms with Gasteiger partial charge in [0.05, 0.1) is 18.3 Å². The summed E-state index contributed by atoms with van der Waals surface area (Å²) in [5.74, 6) is -0.496. The first-order valence-electron chi connectivity index (χ1n) is 13.0. The van der Waals surface area contributed by atoms with Crippen molar-refractivity contribution in [3.63, 3.8) is 0 Å². The molecule has 38 heavy (non-hydrogen) atoms. The van der Waals surface area contributed by atoms with Crippen molar-refractivity contribution in [1.29, 1.82) is 0 Å². The second kappa shape index (κ2) is 11.4. The Balaban J connectivity index is 1.18.